The highest BCUT2D eigenvalue weighted by molar-refractivity contribution is 9.10. The smallest absolute Gasteiger partial charge is 0.314 e. The van der Waals surface area contributed by atoms with Crippen LogP contribution in [0.5, 0.6) is 5.75 Å². The van der Waals surface area contributed by atoms with E-state index in [9.17, 15) is 9.59 Å². The van der Waals surface area contributed by atoms with Crippen molar-refractivity contribution < 1.29 is 14.7 Å². The first-order chi connectivity index (χ1) is 9.54. The lowest BCUT2D eigenvalue weighted by Crippen LogP contribution is -2.28. The first-order valence-electron chi connectivity index (χ1n) is 5.71. The number of hydrogen-bond donors (Lipinski definition) is 3. The van der Waals surface area contributed by atoms with E-state index < -0.39 is 11.8 Å². The predicted octanol–water partition coefficient (Wildman–Crippen LogP) is 2.73. The number of benzene rings is 2. The maximum absolute atomic E-state index is 11.7. The Hall–Kier alpha value is -2.34. The number of carbonyl (C=O) groups excluding carboxylic acids is 2. The maximum atomic E-state index is 11.7. The predicted molar refractivity (Wildman–Crippen MR) is 79.5 cm³/mol. The molecule has 20 heavy (non-hydrogen) atoms. The van der Waals surface area contributed by atoms with Crippen molar-refractivity contribution in [3.8, 4) is 5.75 Å². The molecular weight excluding hydrogens is 324 g/mol. The van der Waals surface area contributed by atoms with Crippen molar-refractivity contribution >= 4 is 39.1 Å². The van der Waals surface area contributed by atoms with E-state index in [0.29, 0.717) is 11.4 Å². The number of halogens is 1. The third-order valence-electron chi connectivity index (χ3n) is 2.43. The molecule has 2 rings (SSSR count). The Kier molecular flexibility index (Phi) is 4.37. The molecule has 0 unspecified atom stereocenters. The zero-order chi connectivity index (χ0) is 14.5. The molecule has 0 spiro atoms. The van der Waals surface area contributed by atoms with Crippen LogP contribution >= 0.6 is 15.9 Å². The van der Waals surface area contributed by atoms with Gasteiger partial charge in [0.1, 0.15) is 5.75 Å². The number of hydrogen-bond acceptors (Lipinski definition) is 3. The minimum Gasteiger partial charge on any atom is -0.508 e. The van der Waals surface area contributed by atoms with Gasteiger partial charge in [0.15, 0.2) is 0 Å². The average Bonchev–Trinajstić information content (AvgIpc) is 2.44. The van der Waals surface area contributed by atoms with Crippen LogP contribution in [0.1, 0.15) is 0 Å². The molecule has 0 aliphatic carbocycles. The maximum Gasteiger partial charge on any atom is 0.314 e. The van der Waals surface area contributed by atoms with Gasteiger partial charge in [-0.3, -0.25) is 9.59 Å². The Morgan fingerprint density at radius 1 is 0.800 bits per heavy atom. The molecule has 5 nitrogen and oxygen atoms in total. The molecule has 0 aliphatic heterocycles. The number of amides is 2. The van der Waals surface area contributed by atoms with Crippen LogP contribution in [0.2, 0.25) is 0 Å². The summed E-state index contributed by atoms with van der Waals surface area (Å²) in [5.74, 6) is -1.46. The molecule has 0 aliphatic rings. The van der Waals surface area contributed by atoms with E-state index in [1.165, 1.54) is 24.3 Å². The van der Waals surface area contributed by atoms with Gasteiger partial charge in [0.05, 0.1) is 0 Å². The van der Waals surface area contributed by atoms with Crippen molar-refractivity contribution in [1.29, 1.82) is 0 Å². The highest BCUT2D eigenvalue weighted by atomic mass is 79.9. The van der Waals surface area contributed by atoms with Gasteiger partial charge in [-0.05, 0) is 48.5 Å². The monoisotopic (exact) mass is 334 g/mol. The number of aromatic hydroxyl groups is 1. The van der Waals surface area contributed by atoms with Gasteiger partial charge in [0.25, 0.3) is 0 Å². The summed E-state index contributed by atoms with van der Waals surface area (Å²) < 4.78 is 0.879. The van der Waals surface area contributed by atoms with E-state index in [1.807, 2.05) is 0 Å². The molecule has 0 saturated heterocycles. The Balaban J connectivity index is 1.96. The van der Waals surface area contributed by atoms with Crippen LogP contribution in [0.4, 0.5) is 11.4 Å². The summed E-state index contributed by atoms with van der Waals surface area (Å²) in [7, 11) is 0. The van der Waals surface area contributed by atoms with Crippen LogP contribution in [-0.2, 0) is 9.59 Å². The van der Waals surface area contributed by atoms with Crippen molar-refractivity contribution in [1.82, 2.24) is 0 Å². The summed E-state index contributed by atoms with van der Waals surface area (Å²) in [6.45, 7) is 0. The van der Waals surface area contributed by atoms with Gasteiger partial charge < -0.3 is 15.7 Å². The van der Waals surface area contributed by atoms with Crippen LogP contribution < -0.4 is 10.6 Å². The van der Waals surface area contributed by atoms with Crippen molar-refractivity contribution in [3.63, 3.8) is 0 Å². The normalized spacial score (nSPS) is 9.85. The number of phenols is 1. The Morgan fingerprint density at radius 3 is 1.65 bits per heavy atom. The van der Waals surface area contributed by atoms with Crippen LogP contribution in [0.15, 0.2) is 53.0 Å². The molecule has 0 heterocycles. The van der Waals surface area contributed by atoms with Crippen LogP contribution in [0.25, 0.3) is 0 Å². The summed E-state index contributed by atoms with van der Waals surface area (Å²) in [4.78, 5) is 23.4. The van der Waals surface area contributed by atoms with Crippen LogP contribution in [0.3, 0.4) is 0 Å². The third kappa shape index (κ3) is 3.83. The van der Waals surface area contributed by atoms with E-state index in [1.54, 1.807) is 24.3 Å². The molecule has 6 heteroatoms. The number of carbonyl (C=O) groups is 2. The van der Waals surface area contributed by atoms with Gasteiger partial charge in [-0.15, -0.1) is 0 Å². The van der Waals surface area contributed by atoms with Gasteiger partial charge in [0.2, 0.25) is 0 Å². The average molecular weight is 335 g/mol. The fourth-order valence-electron chi connectivity index (χ4n) is 1.45. The fourth-order valence-corrected chi connectivity index (χ4v) is 1.72. The molecule has 2 amide bonds. The molecule has 2 aromatic rings. The van der Waals surface area contributed by atoms with Gasteiger partial charge in [0, 0.05) is 15.8 Å². The van der Waals surface area contributed by atoms with E-state index in [-0.39, 0.29) is 5.75 Å². The second-order valence-corrected chi connectivity index (χ2v) is 4.88. The summed E-state index contributed by atoms with van der Waals surface area (Å²) in [6.07, 6.45) is 0. The zero-order valence-corrected chi connectivity index (χ0v) is 11.8. The molecule has 0 bridgehead atoms. The fraction of sp³-hybridized carbons (Fsp3) is 0. The third-order valence-corrected chi connectivity index (χ3v) is 2.96. The van der Waals surface area contributed by atoms with Crippen molar-refractivity contribution in [3.05, 3.63) is 53.0 Å². The molecule has 0 atom stereocenters. The van der Waals surface area contributed by atoms with Crippen LogP contribution in [-0.4, -0.2) is 16.9 Å². The molecule has 0 radical (unpaired) electrons. The van der Waals surface area contributed by atoms with Gasteiger partial charge in [-0.2, -0.15) is 0 Å². The first-order valence-corrected chi connectivity index (χ1v) is 6.51. The largest absolute Gasteiger partial charge is 0.508 e. The first kappa shape index (κ1) is 14.1. The Bertz CT molecular complexity index is 566. The second-order valence-electron chi connectivity index (χ2n) is 3.96. The van der Waals surface area contributed by atoms with E-state index in [0.717, 1.165) is 4.47 Å². The molecule has 0 saturated carbocycles. The molecule has 2 aromatic carbocycles. The van der Waals surface area contributed by atoms with E-state index in [4.69, 9.17) is 5.11 Å². The molecule has 0 aromatic heterocycles. The zero-order valence-electron chi connectivity index (χ0n) is 10.3. The number of nitrogens with one attached hydrogen (secondary N) is 2. The van der Waals surface area contributed by atoms with Gasteiger partial charge in [-0.1, -0.05) is 15.9 Å². The lowest BCUT2D eigenvalue weighted by molar-refractivity contribution is -0.132. The van der Waals surface area contributed by atoms with Crippen LogP contribution in [0, 0.1) is 0 Å². The minimum absolute atomic E-state index is 0.0855. The summed E-state index contributed by atoms with van der Waals surface area (Å²) in [6, 6.07) is 12.7. The minimum atomic E-state index is -0.779. The lowest BCUT2D eigenvalue weighted by atomic mass is 10.3. The van der Waals surface area contributed by atoms with Gasteiger partial charge in [-0.25, -0.2) is 0 Å². The second kappa shape index (κ2) is 6.21. The standard InChI is InChI=1S/C14H11BrN2O3/c15-9-1-3-10(4-2-9)16-13(19)14(20)17-11-5-7-12(18)8-6-11/h1-8,18H,(H,16,19)(H,17,20). The molecular formula is C14H11BrN2O3. The lowest BCUT2D eigenvalue weighted by Gasteiger charge is -2.06. The van der Waals surface area contributed by atoms with E-state index >= 15 is 0 Å². The highest BCUT2D eigenvalue weighted by Crippen LogP contribution is 2.15. The highest BCUT2D eigenvalue weighted by Gasteiger charge is 2.13. The number of anilines is 2. The Morgan fingerprint density at radius 2 is 1.20 bits per heavy atom. The van der Waals surface area contributed by atoms with Crippen molar-refractivity contribution in [2.45, 2.75) is 0 Å². The van der Waals surface area contributed by atoms with Gasteiger partial charge >= 0.3 is 11.8 Å². The van der Waals surface area contributed by atoms with E-state index in [2.05, 4.69) is 26.6 Å². The molecule has 102 valence electrons. The molecule has 3 N–H and O–H groups in total. The van der Waals surface area contributed by atoms with Crippen molar-refractivity contribution in [2.75, 3.05) is 10.6 Å². The molecule has 0 fully saturated rings. The Labute approximate surface area is 123 Å². The van der Waals surface area contributed by atoms with Crippen molar-refractivity contribution in [2.24, 2.45) is 0 Å². The quantitative estimate of drug-likeness (QED) is 0.583. The SMILES string of the molecule is O=C(Nc1ccc(O)cc1)C(=O)Nc1ccc(Br)cc1. The summed E-state index contributed by atoms with van der Waals surface area (Å²) in [5, 5.41) is 14.0. The number of rotatable bonds is 2. The topological polar surface area (TPSA) is 78.4 Å². The summed E-state index contributed by atoms with van der Waals surface area (Å²) in [5.41, 5.74) is 0.956. The summed E-state index contributed by atoms with van der Waals surface area (Å²) >= 11 is 3.28. The number of phenolic OH excluding ortho intramolecular Hbond substituents is 1.